The van der Waals surface area contributed by atoms with Gasteiger partial charge in [0, 0.05) is 0 Å². The second-order valence-electron chi connectivity index (χ2n) is 4.31. The van der Waals surface area contributed by atoms with Crippen molar-refractivity contribution in [1.82, 2.24) is 0 Å². The van der Waals surface area contributed by atoms with Crippen molar-refractivity contribution >= 4 is 5.69 Å². The standard InChI is InChI=1S/C12H17NO/c1-4-11-12(2,3)14-10-8-6-5-7-9(10)13-11/h5-8,11,13H,4H2,1-3H3. The van der Waals surface area contributed by atoms with Crippen LogP contribution in [0, 0.1) is 0 Å². The second kappa shape index (κ2) is 3.19. The van der Waals surface area contributed by atoms with Crippen LogP contribution in [0.4, 0.5) is 5.69 Å². The van der Waals surface area contributed by atoms with E-state index in [2.05, 4.69) is 32.2 Å². The molecule has 1 aromatic carbocycles. The minimum atomic E-state index is -0.122. The number of nitrogens with one attached hydrogen (secondary N) is 1. The maximum absolute atomic E-state index is 5.96. The predicted octanol–water partition coefficient (Wildman–Crippen LogP) is 3.05. The molecule has 76 valence electrons. The van der Waals surface area contributed by atoms with Gasteiger partial charge in [-0.2, -0.15) is 0 Å². The van der Waals surface area contributed by atoms with Crippen LogP contribution in [0.25, 0.3) is 0 Å². The van der Waals surface area contributed by atoms with Gasteiger partial charge in [-0.3, -0.25) is 0 Å². The third kappa shape index (κ3) is 1.45. The van der Waals surface area contributed by atoms with E-state index in [0.717, 1.165) is 17.9 Å². The number of benzene rings is 1. The van der Waals surface area contributed by atoms with Crippen LogP contribution in [-0.2, 0) is 0 Å². The molecule has 0 spiro atoms. The summed E-state index contributed by atoms with van der Waals surface area (Å²) >= 11 is 0. The van der Waals surface area contributed by atoms with Crippen LogP contribution in [0.5, 0.6) is 5.75 Å². The fraction of sp³-hybridized carbons (Fsp3) is 0.500. The van der Waals surface area contributed by atoms with Crippen molar-refractivity contribution in [3.05, 3.63) is 24.3 Å². The molecule has 2 rings (SSSR count). The fourth-order valence-electron chi connectivity index (χ4n) is 1.98. The summed E-state index contributed by atoms with van der Waals surface area (Å²) in [5, 5.41) is 3.51. The smallest absolute Gasteiger partial charge is 0.143 e. The Morgan fingerprint density at radius 2 is 2.07 bits per heavy atom. The molecule has 0 amide bonds. The average Bonchev–Trinajstić information content (AvgIpc) is 2.15. The van der Waals surface area contributed by atoms with Gasteiger partial charge in [-0.15, -0.1) is 0 Å². The molecular weight excluding hydrogens is 174 g/mol. The molecule has 1 unspecified atom stereocenters. The molecule has 1 aromatic rings. The molecule has 1 N–H and O–H groups in total. The summed E-state index contributed by atoms with van der Waals surface area (Å²) in [6, 6.07) is 8.49. The Balaban J connectivity index is 2.35. The molecule has 0 aromatic heterocycles. The Hall–Kier alpha value is -1.18. The summed E-state index contributed by atoms with van der Waals surface area (Å²) in [7, 11) is 0. The lowest BCUT2D eigenvalue weighted by atomic mass is 9.94. The molecule has 0 saturated heterocycles. The number of anilines is 1. The van der Waals surface area contributed by atoms with E-state index in [4.69, 9.17) is 4.74 Å². The highest BCUT2D eigenvalue weighted by atomic mass is 16.5. The third-order valence-electron chi connectivity index (χ3n) is 2.84. The van der Waals surface area contributed by atoms with E-state index in [9.17, 15) is 0 Å². The van der Waals surface area contributed by atoms with Gasteiger partial charge in [0.2, 0.25) is 0 Å². The molecule has 0 bridgehead atoms. The van der Waals surface area contributed by atoms with E-state index in [-0.39, 0.29) is 5.60 Å². The highest BCUT2D eigenvalue weighted by molar-refractivity contribution is 5.59. The van der Waals surface area contributed by atoms with E-state index in [1.807, 2.05) is 18.2 Å². The normalized spacial score (nSPS) is 23.2. The number of para-hydroxylation sites is 2. The molecule has 2 heteroatoms. The molecule has 0 saturated carbocycles. The van der Waals surface area contributed by atoms with Crippen LogP contribution in [0.2, 0.25) is 0 Å². The molecule has 2 nitrogen and oxygen atoms in total. The Morgan fingerprint density at radius 1 is 1.36 bits per heavy atom. The molecule has 14 heavy (non-hydrogen) atoms. The molecule has 0 radical (unpaired) electrons. The number of rotatable bonds is 1. The number of hydrogen-bond acceptors (Lipinski definition) is 2. The maximum atomic E-state index is 5.96. The van der Waals surface area contributed by atoms with Gasteiger partial charge >= 0.3 is 0 Å². The zero-order valence-electron chi connectivity index (χ0n) is 9.00. The monoisotopic (exact) mass is 191 g/mol. The van der Waals surface area contributed by atoms with Crippen LogP contribution >= 0.6 is 0 Å². The SMILES string of the molecule is CCC1Nc2ccccc2OC1(C)C. The quantitative estimate of drug-likeness (QED) is 0.736. The van der Waals surface area contributed by atoms with Crippen molar-refractivity contribution in [2.24, 2.45) is 0 Å². The van der Waals surface area contributed by atoms with Crippen LogP contribution in [0.3, 0.4) is 0 Å². The van der Waals surface area contributed by atoms with Crippen LogP contribution in [0.15, 0.2) is 24.3 Å². The van der Waals surface area contributed by atoms with Crippen molar-refractivity contribution in [2.75, 3.05) is 5.32 Å². The average molecular weight is 191 g/mol. The van der Waals surface area contributed by atoms with Gasteiger partial charge in [-0.1, -0.05) is 19.1 Å². The Bertz CT molecular complexity index is 333. The van der Waals surface area contributed by atoms with E-state index in [1.165, 1.54) is 0 Å². The molecule has 1 aliphatic rings. The van der Waals surface area contributed by atoms with E-state index in [0.29, 0.717) is 6.04 Å². The van der Waals surface area contributed by atoms with Crippen molar-refractivity contribution in [3.63, 3.8) is 0 Å². The summed E-state index contributed by atoms with van der Waals surface area (Å²) in [6.45, 7) is 6.44. The minimum Gasteiger partial charge on any atom is -0.484 e. The molecule has 1 aliphatic heterocycles. The van der Waals surface area contributed by atoms with Crippen molar-refractivity contribution in [3.8, 4) is 5.75 Å². The van der Waals surface area contributed by atoms with Gasteiger partial charge in [-0.05, 0) is 32.4 Å². The predicted molar refractivity (Wildman–Crippen MR) is 58.9 cm³/mol. The van der Waals surface area contributed by atoms with E-state index < -0.39 is 0 Å². The first-order valence-corrected chi connectivity index (χ1v) is 5.18. The van der Waals surface area contributed by atoms with E-state index >= 15 is 0 Å². The summed E-state index contributed by atoms with van der Waals surface area (Å²) in [6.07, 6.45) is 1.07. The Labute approximate surface area is 85.3 Å². The van der Waals surface area contributed by atoms with Crippen molar-refractivity contribution in [1.29, 1.82) is 0 Å². The van der Waals surface area contributed by atoms with Gasteiger partial charge in [0.25, 0.3) is 0 Å². The zero-order valence-corrected chi connectivity index (χ0v) is 9.00. The van der Waals surface area contributed by atoms with Crippen LogP contribution in [-0.4, -0.2) is 11.6 Å². The van der Waals surface area contributed by atoms with Crippen molar-refractivity contribution < 1.29 is 4.74 Å². The van der Waals surface area contributed by atoms with E-state index in [1.54, 1.807) is 0 Å². The molecular formula is C12H17NO. The van der Waals surface area contributed by atoms with Crippen LogP contribution in [0.1, 0.15) is 27.2 Å². The lowest BCUT2D eigenvalue weighted by Crippen LogP contribution is -2.49. The maximum Gasteiger partial charge on any atom is 0.143 e. The summed E-state index contributed by atoms with van der Waals surface area (Å²) in [5.74, 6) is 0.960. The van der Waals surface area contributed by atoms with Gasteiger partial charge in [0.1, 0.15) is 11.4 Å². The summed E-state index contributed by atoms with van der Waals surface area (Å²) < 4.78 is 5.96. The van der Waals surface area contributed by atoms with Gasteiger partial charge in [0.05, 0.1) is 11.7 Å². The largest absolute Gasteiger partial charge is 0.484 e. The van der Waals surface area contributed by atoms with Gasteiger partial charge in [-0.25, -0.2) is 0 Å². The molecule has 0 fully saturated rings. The Morgan fingerprint density at radius 3 is 2.79 bits per heavy atom. The first-order valence-electron chi connectivity index (χ1n) is 5.18. The highest BCUT2D eigenvalue weighted by Gasteiger charge is 2.34. The number of hydrogen-bond donors (Lipinski definition) is 1. The topological polar surface area (TPSA) is 21.3 Å². The number of ether oxygens (including phenoxy) is 1. The van der Waals surface area contributed by atoms with Crippen molar-refractivity contribution in [2.45, 2.75) is 38.8 Å². The van der Waals surface area contributed by atoms with Crippen LogP contribution < -0.4 is 10.1 Å². The first-order chi connectivity index (χ1) is 6.63. The fourth-order valence-corrected chi connectivity index (χ4v) is 1.98. The lowest BCUT2D eigenvalue weighted by Gasteiger charge is -2.40. The lowest BCUT2D eigenvalue weighted by molar-refractivity contribution is 0.0768. The zero-order chi connectivity index (χ0) is 10.2. The van der Waals surface area contributed by atoms with Gasteiger partial charge < -0.3 is 10.1 Å². The summed E-state index contributed by atoms with van der Waals surface area (Å²) in [5.41, 5.74) is 0.988. The molecule has 1 atom stereocenters. The molecule has 0 aliphatic carbocycles. The molecule has 1 heterocycles. The number of fused-ring (bicyclic) bond motifs is 1. The third-order valence-corrected chi connectivity index (χ3v) is 2.84. The Kier molecular flexibility index (Phi) is 2.14. The second-order valence-corrected chi connectivity index (χ2v) is 4.31. The highest BCUT2D eigenvalue weighted by Crippen LogP contribution is 2.36. The summed E-state index contributed by atoms with van der Waals surface area (Å²) in [4.78, 5) is 0. The van der Waals surface area contributed by atoms with Gasteiger partial charge in [0.15, 0.2) is 0 Å². The minimum absolute atomic E-state index is 0.122. The first kappa shape index (κ1) is 9.38.